The highest BCUT2D eigenvalue weighted by molar-refractivity contribution is 7.80. The molecule has 2 aromatic rings. The SMILES string of the molecule is Cc1ccc(C(N)=S)c(N(C)C(C)c2cccs2)c1. The van der Waals surface area contributed by atoms with Crippen LogP contribution in [0.25, 0.3) is 0 Å². The van der Waals surface area contributed by atoms with Crippen molar-refractivity contribution in [3.05, 3.63) is 51.7 Å². The Morgan fingerprint density at radius 2 is 2.11 bits per heavy atom. The van der Waals surface area contributed by atoms with Crippen LogP contribution in [0.3, 0.4) is 0 Å². The molecule has 0 aliphatic rings. The van der Waals surface area contributed by atoms with E-state index in [9.17, 15) is 0 Å². The van der Waals surface area contributed by atoms with Crippen molar-refractivity contribution in [3.8, 4) is 0 Å². The molecule has 4 heteroatoms. The number of thiophene rings is 1. The van der Waals surface area contributed by atoms with E-state index in [-0.39, 0.29) is 0 Å². The van der Waals surface area contributed by atoms with E-state index in [1.165, 1.54) is 10.4 Å². The first kappa shape index (κ1) is 14.0. The molecule has 0 fully saturated rings. The first-order chi connectivity index (χ1) is 9.00. The summed E-state index contributed by atoms with van der Waals surface area (Å²) < 4.78 is 0. The third-order valence-corrected chi connectivity index (χ3v) is 4.60. The molecule has 0 amide bonds. The van der Waals surface area contributed by atoms with Crippen molar-refractivity contribution in [3.63, 3.8) is 0 Å². The monoisotopic (exact) mass is 290 g/mol. The van der Waals surface area contributed by atoms with Crippen LogP contribution in [0.4, 0.5) is 5.69 Å². The molecule has 19 heavy (non-hydrogen) atoms. The summed E-state index contributed by atoms with van der Waals surface area (Å²) in [7, 11) is 2.08. The van der Waals surface area contributed by atoms with Crippen LogP contribution in [-0.4, -0.2) is 12.0 Å². The summed E-state index contributed by atoms with van der Waals surface area (Å²) in [6.45, 7) is 4.27. The Morgan fingerprint density at radius 3 is 2.68 bits per heavy atom. The Morgan fingerprint density at radius 1 is 1.37 bits per heavy atom. The van der Waals surface area contributed by atoms with E-state index in [2.05, 4.69) is 49.4 Å². The van der Waals surface area contributed by atoms with Crippen molar-refractivity contribution >= 4 is 34.2 Å². The van der Waals surface area contributed by atoms with E-state index in [1.807, 2.05) is 12.1 Å². The van der Waals surface area contributed by atoms with Gasteiger partial charge in [0.15, 0.2) is 0 Å². The van der Waals surface area contributed by atoms with E-state index in [0.29, 0.717) is 11.0 Å². The number of thiocarbonyl (C=S) groups is 1. The number of hydrogen-bond donors (Lipinski definition) is 1. The van der Waals surface area contributed by atoms with Crippen LogP contribution in [0.5, 0.6) is 0 Å². The van der Waals surface area contributed by atoms with Gasteiger partial charge in [0.25, 0.3) is 0 Å². The number of hydrogen-bond acceptors (Lipinski definition) is 3. The summed E-state index contributed by atoms with van der Waals surface area (Å²) in [6.07, 6.45) is 0. The summed E-state index contributed by atoms with van der Waals surface area (Å²) in [5, 5.41) is 2.10. The molecular formula is C15H18N2S2. The Balaban J connectivity index is 2.40. The zero-order valence-electron chi connectivity index (χ0n) is 11.4. The van der Waals surface area contributed by atoms with Crippen molar-refractivity contribution in [1.82, 2.24) is 0 Å². The first-order valence-corrected chi connectivity index (χ1v) is 7.46. The lowest BCUT2D eigenvalue weighted by molar-refractivity contribution is 0.753. The number of nitrogens with zero attached hydrogens (tertiary/aromatic N) is 1. The third-order valence-electron chi connectivity index (χ3n) is 3.33. The molecule has 100 valence electrons. The van der Waals surface area contributed by atoms with Gasteiger partial charge in [0.1, 0.15) is 4.99 Å². The maximum atomic E-state index is 5.83. The van der Waals surface area contributed by atoms with Gasteiger partial charge in [-0.25, -0.2) is 0 Å². The first-order valence-electron chi connectivity index (χ1n) is 6.17. The van der Waals surface area contributed by atoms with Gasteiger partial charge in [-0.15, -0.1) is 11.3 Å². The molecular weight excluding hydrogens is 272 g/mol. The average molecular weight is 290 g/mol. The average Bonchev–Trinajstić information content (AvgIpc) is 2.90. The Hall–Kier alpha value is -1.39. The van der Waals surface area contributed by atoms with Gasteiger partial charge in [-0.05, 0) is 43.0 Å². The van der Waals surface area contributed by atoms with Crippen LogP contribution in [0, 0.1) is 6.92 Å². The van der Waals surface area contributed by atoms with Crippen molar-refractivity contribution in [1.29, 1.82) is 0 Å². The van der Waals surface area contributed by atoms with Crippen LogP contribution in [0.2, 0.25) is 0 Å². The fourth-order valence-electron chi connectivity index (χ4n) is 2.07. The summed E-state index contributed by atoms with van der Waals surface area (Å²) in [6, 6.07) is 10.7. The molecule has 1 heterocycles. The Labute approximate surface area is 123 Å². The summed E-state index contributed by atoms with van der Waals surface area (Å²) in [5.74, 6) is 0. The number of benzene rings is 1. The smallest absolute Gasteiger partial charge is 0.106 e. The van der Waals surface area contributed by atoms with Crippen LogP contribution in [-0.2, 0) is 0 Å². The lowest BCUT2D eigenvalue weighted by atomic mass is 10.1. The summed E-state index contributed by atoms with van der Waals surface area (Å²) in [5.41, 5.74) is 9.06. The molecule has 0 spiro atoms. The zero-order valence-corrected chi connectivity index (χ0v) is 13.0. The minimum absolute atomic E-state index is 0.301. The quantitative estimate of drug-likeness (QED) is 0.866. The van der Waals surface area contributed by atoms with Crippen LogP contribution in [0.15, 0.2) is 35.7 Å². The van der Waals surface area contributed by atoms with Gasteiger partial charge in [-0.1, -0.05) is 24.4 Å². The van der Waals surface area contributed by atoms with Gasteiger partial charge in [0, 0.05) is 23.2 Å². The molecule has 1 aromatic carbocycles. The number of anilines is 1. The van der Waals surface area contributed by atoms with E-state index in [1.54, 1.807) is 11.3 Å². The van der Waals surface area contributed by atoms with Gasteiger partial charge >= 0.3 is 0 Å². The zero-order chi connectivity index (χ0) is 14.0. The number of nitrogens with two attached hydrogens (primary N) is 1. The number of rotatable bonds is 4. The highest BCUT2D eigenvalue weighted by atomic mass is 32.1. The standard InChI is InChI=1S/C15H18N2S2/c1-10-6-7-12(15(16)18)13(9-10)17(3)11(2)14-5-4-8-19-14/h4-9,11H,1-3H3,(H2,16,18). The maximum Gasteiger partial charge on any atom is 0.106 e. The van der Waals surface area contributed by atoms with E-state index in [4.69, 9.17) is 18.0 Å². The molecule has 0 aliphatic carbocycles. The molecule has 0 radical (unpaired) electrons. The van der Waals surface area contributed by atoms with Gasteiger partial charge in [0.2, 0.25) is 0 Å². The van der Waals surface area contributed by atoms with Gasteiger partial charge in [0.05, 0.1) is 6.04 Å². The Kier molecular flexibility index (Phi) is 4.22. The van der Waals surface area contributed by atoms with Crippen LogP contribution < -0.4 is 10.6 Å². The topological polar surface area (TPSA) is 29.3 Å². The molecule has 2 N–H and O–H groups in total. The molecule has 0 saturated heterocycles. The van der Waals surface area contributed by atoms with Gasteiger partial charge in [-0.3, -0.25) is 0 Å². The molecule has 0 bridgehead atoms. The minimum atomic E-state index is 0.301. The molecule has 1 unspecified atom stereocenters. The summed E-state index contributed by atoms with van der Waals surface area (Å²) >= 11 is 6.92. The maximum absolute atomic E-state index is 5.83. The van der Waals surface area contributed by atoms with Crippen LogP contribution in [0.1, 0.15) is 29.0 Å². The van der Waals surface area contributed by atoms with E-state index < -0.39 is 0 Å². The fraction of sp³-hybridized carbons (Fsp3) is 0.267. The molecule has 2 rings (SSSR count). The minimum Gasteiger partial charge on any atom is -0.389 e. The van der Waals surface area contributed by atoms with E-state index >= 15 is 0 Å². The normalized spacial score (nSPS) is 12.2. The highest BCUT2D eigenvalue weighted by Crippen LogP contribution is 2.31. The second-order valence-corrected chi connectivity index (χ2v) is 6.11. The summed E-state index contributed by atoms with van der Waals surface area (Å²) in [4.78, 5) is 4.01. The fourth-order valence-corrected chi connectivity index (χ4v) is 3.07. The van der Waals surface area contributed by atoms with Crippen molar-refractivity contribution in [2.24, 2.45) is 5.73 Å². The lowest BCUT2D eigenvalue weighted by Crippen LogP contribution is -2.24. The molecule has 1 atom stereocenters. The molecule has 1 aromatic heterocycles. The van der Waals surface area contributed by atoms with Gasteiger partial charge < -0.3 is 10.6 Å². The highest BCUT2D eigenvalue weighted by Gasteiger charge is 2.17. The van der Waals surface area contributed by atoms with Crippen molar-refractivity contribution in [2.45, 2.75) is 19.9 Å². The predicted molar refractivity (Wildman–Crippen MR) is 88.2 cm³/mol. The van der Waals surface area contributed by atoms with E-state index in [0.717, 1.165) is 11.3 Å². The molecule has 0 saturated carbocycles. The predicted octanol–water partition coefficient (Wildman–Crippen LogP) is 3.89. The second-order valence-electron chi connectivity index (χ2n) is 4.69. The van der Waals surface area contributed by atoms with Crippen molar-refractivity contribution in [2.75, 3.05) is 11.9 Å². The van der Waals surface area contributed by atoms with Crippen LogP contribution >= 0.6 is 23.6 Å². The second kappa shape index (κ2) is 5.72. The third kappa shape index (κ3) is 2.96. The molecule has 0 aliphatic heterocycles. The largest absolute Gasteiger partial charge is 0.389 e. The lowest BCUT2D eigenvalue weighted by Gasteiger charge is -2.28. The number of aryl methyl sites for hydroxylation is 1. The van der Waals surface area contributed by atoms with Crippen molar-refractivity contribution < 1.29 is 0 Å². The van der Waals surface area contributed by atoms with Gasteiger partial charge in [-0.2, -0.15) is 0 Å². The molecule has 2 nitrogen and oxygen atoms in total. The Bertz CT molecular complexity index is 576.